The van der Waals surface area contributed by atoms with Crippen LogP contribution < -0.4 is 5.32 Å². The zero-order valence-electron chi connectivity index (χ0n) is 14.6. The van der Waals surface area contributed by atoms with Crippen molar-refractivity contribution in [3.63, 3.8) is 0 Å². The van der Waals surface area contributed by atoms with E-state index in [1.54, 1.807) is 6.92 Å². The van der Waals surface area contributed by atoms with E-state index in [4.69, 9.17) is 4.74 Å². The molecule has 0 aromatic carbocycles. The van der Waals surface area contributed by atoms with Gasteiger partial charge in [-0.3, -0.25) is 9.59 Å². The Morgan fingerprint density at radius 3 is 2.56 bits per heavy atom. The first-order valence-electron chi connectivity index (χ1n) is 8.94. The first kappa shape index (κ1) is 20.1. The summed E-state index contributed by atoms with van der Waals surface area (Å²) in [6.45, 7) is 3.23. The molecule has 0 radical (unpaired) electrons. The van der Waals surface area contributed by atoms with Crippen molar-refractivity contribution in [2.24, 2.45) is 11.8 Å². The van der Waals surface area contributed by atoms with Crippen molar-refractivity contribution in [2.45, 2.75) is 45.1 Å². The molecule has 2 fully saturated rings. The fraction of sp³-hybridized carbons (Fsp3) is 0.875. The number of carboxylic acid groups (broad SMARTS) is 1. The topological polar surface area (TPSA) is 113 Å². The van der Waals surface area contributed by atoms with Crippen LogP contribution in [-0.4, -0.2) is 67.8 Å². The third-order valence-electron chi connectivity index (χ3n) is 4.97. The van der Waals surface area contributed by atoms with E-state index in [0.717, 1.165) is 0 Å². The molecular formula is C16H28N2O6S. The molecule has 0 aromatic rings. The van der Waals surface area contributed by atoms with Gasteiger partial charge in [-0.1, -0.05) is 6.92 Å². The highest BCUT2D eigenvalue weighted by Crippen LogP contribution is 2.25. The van der Waals surface area contributed by atoms with Gasteiger partial charge in [0.25, 0.3) is 0 Å². The van der Waals surface area contributed by atoms with E-state index in [1.165, 1.54) is 4.31 Å². The van der Waals surface area contributed by atoms with Crippen molar-refractivity contribution in [1.82, 2.24) is 9.62 Å². The van der Waals surface area contributed by atoms with E-state index in [9.17, 15) is 23.1 Å². The van der Waals surface area contributed by atoms with Crippen molar-refractivity contribution in [3.05, 3.63) is 0 Å². The van der Waals surface area contributed by atoms with Gasteiger partial charge >= 0.3 is 5.97 Å². The molecule has 0 bridgehead atoms. The Balaban J connectivity index is 1.96. The monoisotopic (exact) mass is 376 g/mol. The van der Waals surface area contributed by atoms with Crippen LogP contribution in [0.2, 0.25) is 0 Å². The average molecular weight is 376 g/mol. The quantitative estimate of drug-likeness (QED) is 0.635. The van der Waals surface area contributed by atoms with Gasteiger partial charge in [0.1, 0.15) is 6.04 Å². The molecule has 2 aliphatic rings. The number of ether oxygens (including phenoxy) is 1. The Hall–Kier alpha value is -1.19. The number of carbonyl (C=O) groups excluding carboxylic acids is 1. The van der Waals surface area contributed by atoms with Gasteiger partial charge in [-0.2, -0.15) is 4.31 Å². The van der Waals surface area contributed by atoms with Crippen LogP contribution in [0.15, 0.2) is 0 Å². The molecule has 25 heavy (non-hydrogen) atoms. The van der Waals surface area contributed by atoms with E-state index in [2.05, 4.69) is 5.32 Å². The molecule has 2 atom stereocenters. The lowest BCUT2D eigenvalue weighted by molar-refractivity contribution is -0.145. The fourth-order valence-corrected chi connectivity index (χ4v) is 5.36. The van der Waals surface area contributed by atoms with Crippen molar-refractivity contribution in [1.29, 1.82) is 0 Å². The largest absolute Gasteiger partial charge is 0.481 e. The van der Waals surface area contributed by atoms with E-state index in [1.807, 2.05) is 0 Å². The van der Waals surface area contributed by atoms with E-state index in [-0.39, 0.29) is 18.2 Å². The highest BCUT2D eigenvalue weighted by molar-refractivity contribution is 7.89. The highest BCUT2D eigenvalue weighted by atomic mass is 32.2. The van der Waals surface area contributed by atoms with Crippen LogP contribution in [0, 0.1) is 11.8 Å². The smallest absolute Gasteiger partial charge is 0.308 e. The highest BCUT2D eigenvalue weighted by Gasteiger charge is 2.39. The molecule has 2 N–H and O–H groups in total. The number of sulfonamides is 1. The summed E-state index contributed by atoms with van der Waals surface area (Å²) in [7, 11) is -3.44. The van der Waals surface area contributed by atoms with Gasteiger partial charge < -0.3 is 15.2 Å². The molecular weight excluding hydrogens is 348 g/mol. The number of carbonyl (C=O) groups is 2. The molecule has 0 aliphatic carbocycles. The first-order chi connectivity index (χ1) is 11.9. The Morgan fingerprint density at radius 2 is 1.96 bits per heavy atom. The van der Waals surface area contributed by atoms with Crippen molar-refractivity contribution < 1.29 is 27.9 Å². The van der Waals surface area contributed by atoms with Crippen molar-refractivity contribution >= 4 is 21.9 Å². The lowest BCUT2D eigenvalue weighted by Crippen LogP contribution is -2.48. The summed E-state index contributed by atoms with van der Waals surface area (Å²) in [5.41, 5.74) is 0. The second-order valence-corrected chi connectivity index (χ2v) is 8.77. The normalized spacial score (nSPS) is 24.1. The molecule has 0 saturated carbocycles. The van der Waals surface area contributed by atoms with Crippen LogP contribution in [0.25, 0.3) is 0 Å². The minimum Gasteiger partial charge on any atom is -0.481 e. The summed E-state index contributed by atoms with van der Waals surface area (Å²) in [4.78, 5) is 24.0. The van der Waals surface area contributed by atoms with Gasteiger partial charge in [0.05, 0.1) is 11.7 Å². The standard InChI is InChI=1S/C16H28N2O6S/c1-2-10-25(22,23)18-7-3-4-14(18)15(19)17-11-13(16(20)21)12-5-8-24-9-6-12/h12-14H,2-11H2,1H3,(H,17,19)(H,20,21). The summed E-state index contributed by atoms with van der Waals surface area (Å²) in [5.74, 6) is -2.01. The van der Waals surface area contributed by atoms with Crippen LogP contribution >= 0.6 is 0 Å². The van der Waals surface area contributed by atoms with Gasteiger partial charge in [-0.05, 0) is 38.0 Å². The Labute approximate surface area is 149 Å². The molecule has 144 valence electrons. The van der Waals surface area contributed by atoms with E-state index >= 15 is 0 Å². The number of nitrogens with one attached hydrogen (secondary N) is 1. The molecule has 8 nitrogen and oxygen atoms in total. The van der Waals surface area contributed by atoms with Gasteiger partial charge in [0, 0.05) is 26.3 Å². The zero-order valence-corrected chi connectivity index (χ0v) is 15.5. The molecule has 2 unspecified atom stereocenters. The maximum Gasteiger partial charge on any atom is 0.308 e. The second kappa shape index (κ2) is 8.95. The maximum atomic E-state index is 12.5. The Morgan fingerprint density at radius 1 is 1.28 bits per heavy atom. The van der Waals surface area contributed by atoms with Crippen LogP contribution in [0.1, 0.15) is 39.0 Å². The zero-order chi connectivity index (χ0) is 18.4. The van der Waals surface area contributed by atoms with Crippen LogP contribution in [0.4, 0.5) is 0 Å². The van der Waals surface area contributed by atoms with Gasteiger partial charge in [-0.15, -0.1) is 0 Å². The predicted molar refractivity (Wildman–Crippen MR) is 91.5 cm³/mol. The van der Waals surface area contributed by atoms with Gasteiger partial charge in [0.15, 0.2) is 0 Å². The van der Waals surface area contributed by atoms with Crippen molar-refractivity contribution in [3.8, 4) is 0 Å². The number of amides is 1. The summed E-state index contributed by atoms with van der Waals surface area (Å²) < 4.78 is 31.1. The molecule has 2 heterocycles. The lowest BCUT2D eigenvalue weighted by Gasteiger charge is -2.28. The molecule has 2 saturated heterocycles. The Bertz CT molecular complexity index is 573. The van der Waals surface area contributed by atoms with E-state index < -0.39 is 33.9 Å². The predicted octanol–water partition coefficient (Wildman–Crippen LogP) is 0.434. The second-order valence-electron chi connectivity index (χ2n) is 6.72. The number of hydrogen-bond donors (Lipinski definition) is 2. The summed E-state index contributed by atoms with van der Waals surface area (Å²) in [5, 5.41) is 12.1. The number of carboxylic acids is 1. The number of hydrogen-bond acceptors (Lipinski definition) is 5. The molecule has 0 aromatic heterocycles. The molecule has 2 rings (SSSR count). The fourth-order valence-electron chi connectivity index (χ4n) is 3.61. The minimum absolute atomic E-state index is 0.0244. The third-order valence-corrected chi connectivity index (χ3v) is 7.05. The van der Waals surface area contributed by atoms with Crippen LogP contribution in [0.5, 0.6) is 0 Å². The first-order valence-corrected chi connectivity index (χ1v) is 10.6. The lowest BCUT2D eigenvalue weighted by atomic mass is 9.86. The molecule has 0 spiro atoms. The number of nitrogens with zero attached hydrogens (tertiary/aromatic N) is 1. The Kier molecular flexibility index (Phi) is 7.21. The van der Waals surface area contributed by atoms with E-state index in [0.29, 0.717) is 51.9 Å². The van der Waals surface area contributed by atoms with Crippen LogP contribution in [0.3, 0.4) is 0 Å². The summed E-state index contributed by atoms with van der Waals surface area (Å²) in [6, 6.07) is -0.722. The van der Waals surface area contributed by atoms with Gasteiger partial charge in [0.2, 0.25) is 15.9 Å². The third kappa shape index (κ3) is 5.15. The van der Waals surface area contributed by atoms with Crippen LogP contribution in [-0.2, 0) is 24.3 Å². The SMILES string of the molecule is CCCS(=O)(=O)N1CCCC1C(=O)NCC(C(=O)O)C1CCOCC1. The number of aliphatic carboxylic acids is 1. The average Bonchev–Trinajstić information content (AvgIpc) is 3.06. The molecule has 9 heteroatoms. The number of rotatable bonds is 8. The van der Waals surface area contributed by atoms with Crippen molar-refractivity contribution in [2.75, 3.05) is 32.1 Å². The minimum atomic E-state index is -3.44. The summed E-state index contributed by atoms with van der Waals surface area (Å²) >= 11 is 0. The molecule has 1 amide bonds. The molecule has 2 aliphatic heterocycles. The van der Waals surface area contributed by atoms with Gasteiger partial charge in [-0.25, -0.2) is 8.42 Å². The maximum absolute atomic E-state index is 12.5. The summed E-state index contributed by atoms with van der Waals surface area (Å²) in [6.07, 6.45) is 2.94.